The quantitative estimate of drug-likeness (QED) is 0.590. The van der Waals surface area contributed by atoms with Gasteiger partial charge in [0.2, 0.25) is 15.9 Å². The molecule has 1 aromatic heterocycles. The monoisotopic (exact) mass is 430 g/mol. The Morgan fingerprint density at radius 2 is 1.87 bits per heavy atom. The number of carbonyl (C=O) groups is 1. The van der Waals surface area contributed by atoms with Gasteiger partial charge in [-0.3, -0.25) is 4.79 Å². The van der Waals surface area contributed by atoms with Gasteiger partial charge in [-0.15, -0.1) is 0 Å². The van der Waals surface area contributed by atoms with Crippen molar-refractivity contribution in [1.29, 1.82) is 0 Å². The third-order valence-electron chi connectivity index (χ3n) is 4.62. The Kier molecular flexibility index (Phi) is 6.69. The van der Waals surface area contributed by atoms with Crippen LogP contribution in [0.4, 0.5) is 4.39 Å². The van der Waals surface area contributed by atoms with Crippen LogP contribution in [0.2, 0.25) is 0 Å². The van der Waals surface area contributed by atoms with Crippen LogP contribution in [0.5, 0.6) is 0 Å². The maximum absolute atomic E-state index is 13.4. The fraction of sp³-hybridized carbons (Fsp3) is 0.227. The fourth-order valence-electron chi connectivity index (χ4n) is 2.97. The predicted molar refractivity (Wildman–Crippen MR) is 110 cm³/mol. The first-order chi connectivity index (χ1) is 14.3. The van der Waals surface area contributed by atoms with Crippen molar-refractivity contribution in [2.45, 2.75) is 31.3 Å². The maximum atomic E-state index is 13.4. The van der Waals surface area contributed by atoms with Gasteiger partial charge < -0.3 is 9.73 Å². The van der Waals surface area contributed by atoms with Crippen LogP contribution < -0.4 is 5.32 Å². The molecule has 158 valence electrons. The van der Waals surface area contributed by atoms with Gasteiger partial charge >= 0.3 is 0 Å². The van der Waals surface area contributed by atoms with E-state index in [1.165, 1.54) is 30.5 Å². The third-order valence-corrected chi connectivity index (χ3v) is 6.42. The lowest BCUT2D eigenvalue weighted by Crippen LogP contribution is -2.41. The van der Waals surface area contributed by atoms with Gasteiger partial charge in [-0.25, -0.2) is 12.8 Å². The number of nitrogens with zero attached hydrogens (tertiary/aromatic N) is 1. The van der Waals surface area contributed by atoms with Crippen molar-refractivity contribution in [2.24, 2.45) is 0 Å². The number of halogens is 1. The van der Waals surface area contributed by atoms with Gasteiger partial charge in [-0.05, 0) is 55.8 Å². The summed E-state index contributed by atoms with van der Waals surface area (Å²) in [5, 5.41) is 2.72. The van der Waals surface area contributed by atoms with Crippen LogP contribution in [0.15, 0.2) is 76.2 Å². The van der Waals surface area contributed by atoms with Gasteiger partial charge in [0.15, 0.2) is 0 Å². The fourth-order valence-corrected chi connectivity index (χ4v) is 4.33. The second-order valence-electron chi connectivity index (χ2n) is 7.01. The van der Waals surface area contributed by atoms with Gasteiger partial charge in [0.25, 0.3) is 0 Å². The zero-order valence-electron chi connectivity index (χ0n) is 16.7. The Morgan fingerprint density at radius 3 is 2.50 bits per heavy atom. The second-order valence-corrected chi connectivity index (χ2v) is 8.95. The highest BCUT2D eigenvalue weighted by Gasteiger charge is 2.28. The summed E-state index contributed by atoms with van der Waals surface area (Å²) in [6, 6.07) is 15.1. The number of sulfonamides is 1. The molecule has 0 aliphatic rings. The van der Waals surface area contributed by atoms with E-state index in [0.29, 0.717) is 11.3 Å². The molecule has 0 saturated heterocycles. The largest absolute Gasteiger partial charge is 0.468 e. The van der Waals surface area contributed by atoms with Crippen LogP contribution in [0.1, 0.15) is 29.9 Å². The van der Waals surface area contributed by atoms with E-state index in [-0.39, 0.29) is 11.4 Å². The molecule has 3 aromatic rings. The standard InChI is InChI=1S/C22H23FN2O4S/c1-16-8-10-21(11-9-16)30(27,28)25(14-20-7-4-12-29-20)15-22(26)24-17(2)18-5-3-6-19(23)13-18/h3-13,17H,14-15H2,1-2H3,(H,24,26). The van der Waals surface area contributed by atoms with Crippen molar-refractivity contribution in [2.75, 3.05) is 6.54 Å². The normalized spacial score (nSPS) is 12.7. The Bertz CT molecular complexity index is 1100. The molecule has 1 amide bonds. The molecule has 1 unspecified atom stereocenters. The second kappa shape index (κ2) is 9.23. The summed E-state index contributed by atoms with van der Waals surface area (Å²) in [6.45, 7) is 3.07. The van der Waals surface area contributed by atoms with E-state index in [1.807, 2.05) is 6.92 Å². The minimum absolute atomic E-state index is 0.0886. The number of rotatable bonds is 8. The highest BCUT2D eigenvalue weighted by atomic mass is 32.2. The molecule has 0 saturated carbocycles. The van der Waals surface area contributed by atoms with E-state index in [4.69, 9.17) is 4.42 Å². The van der Waals surface area contributed by atoms with Crippen molar-refractivity contribution >= 4 is 15.9 Å². The molecule has 6 nitrogen and oxygen atoms in total. The summed E-state index contributed by atoms with van der Waals surface area (Å²) in [4.78, 5) is 12.7. The number of hydrogen-bond donors (Lipinski definition) is 1. The predicted octanol–water partition coefficient (Wildman–Crippen LogP) is 3.80. The van der Waals surface area contributed by atoms with Gasteiger partial charge in [0.1, 0.15) is 11.6 Å². The SMILES string of the molecule is Cc1ccc(S(=O)(=O)N(CC(=O)NC(C)c2cccc(F)c2)Cc2ccco2)cc1. The summed E-state index contributed by atoms with van der Waals surface area (Å²) in [6.07, 6.45) is 1.44. The molecule has 3 rings (SSSR count). The highest BCUT2D eigenvalue weighted by Crippen LogP contribution is 2.20. The molecule has 0 spiro atoms. The first kappa shape index (κ1) is 21.7. The smallest absolute Gasteiger partial charge is 0.243 e. The molecule has 0 radical (unpaired) electrons. The highest BCUT2D eigenvalue weighted by molar-refractivity contribution is 7.89. The van der Waals surface area contributed by atoms with Crippen LogP contribution in [0, 0.1) is 12.7 Å². The lowest BCUT2D eigenvalue weighted by molar-refractivity contribution is -0.122. The number of furan rings is 1. The number of nitrogens with one attached hydrogen (secondary N) is 1. The van der Waals surface area contributed by atoms with Crippen LogP contribution >= 0.6 is 0 Å². The first-order valence-corrected chi connectivity index (χ1v) is 10.8. The van der Waals surface area contributed by atoms with Crippen LogP contribution in [0.3, 0.4) is 0 Å². The number of benzene rings is 2. The zero-order valence-corrected chi connectivity index (χ0v) is 17.5. The lowest BCUT2D eigenvalue weighted by Gasteiger charge is -2.22. The minimum Gasteiger partial charge on any atom is -0.468 e. The van der Waals surface area contributed by atoms with Gasteiger partial charge in [0, 0.05) is 0 Å². The number of carbonyl (C=O) groups excluding carboxylic acids is 1. The van der Waals surface area contributed by atoms with Crippen LogP contribution in [-0.4, -0.2) is 25.2 Å². The molecule has 8 heteroatoms. The van der Waals surface area contributed by atoms with Crippen LogP contribution in [-0.2, 0) is 21.4 Å². The minimum atomic E-state index is -3.94. The molecule has 30 heavy (non-hydrogen) atoms. The van der Waals surface area contributed by atoms with E-state index in [2.05, 4.69) is 5.32 Å². The van der Waals surface area contributed by atoms with Crippen molar-refractivity contribution in [3.63, 3.8) is 0 Å². The molecule has 0 fully saturated rings. The molecule has 0 aliphatic heterocycles. The lowest BCUT2D eigenvalue weighted by atomic mass is 10.1. The first-order valence-electron chi connectivity index (χ1n) is 9.40. The third kappa shape index (κ3) is 5.34. The molecular formula is C22H23FN2O4S. The van der Waals surface area contributed by atoms with Gasteiger partial charge in [-0.1, -0.05) is 29.8 Å². The summed E-state index contributed by atoms with van der Waals surface area (Å²) >= 11 is 0. The van der Waals surface area contributed by atoms with E-state index >= 15 is 0 Å². The molecular weight excluding hydrogens is 407 g/mol. The van der Waals surface area contributed by atoms with Crippen molar-refractivity contribution in [3.8, 4) is 0 Å². The Labute approximate surface area is 175 Å². The molecule has 1 heterocycles. The number of hydrogen-bond acceptors (Lipinski definition) is 4. The van der Waals surface area contributed by atoms with Gasteiger partial charge in [-0.2, -0.15) is 4.31 Å². The molecule has 2 aromatic carbocycles. The van der Waals surface area contributed by atoms with E-state index in [0.717, 1.165) is 9.87 Å². The summed E-state index contributed by atoms with van der Waals surface area (Å²) in [7, 11) is -3.94. The molecule has 0 bridgehead atoms. The van der Waals surface area contributed by atoms with E-state index in [9.17, 15) is 17.6 Å². The summed E-state index contributed by atoms with van der Waals surface area (Å²) in [5.41, 5.74) is 1.51. The summed E-state index contributed by atoms with van der Waals surface area (Å²) in [5.74, 6) is -0.499. The average molecular weight is 431 g/mol. The van der Waals surface area contributed by atoms with Crippen LogP contribution in [0.25, 0.3) is 0 Å². The summed E-state index contributed by atoms with van der Waals surface area (Å²) < 4.78 is 46.1. The van der Waals surface area contributed by atoms with Gasteiger partial charge in [0.05, 0.1) is 30.3 Å². The number of amides is 1. The van der Waals surface area contributed by atoms with Crippen molar-refractivity contribution in [3.05, 3.63) is 89.6 Å². The zero-order chi connectivity index (χ0) is 21.7. The van der Waals surface area contributed by atoms with E-state index in [1.54, 1.807) is 43.3 Å². The molecule has 1 N–H and O–H groups in total. The van der Waals surface area contributed by atoms with E-state index < -0.39 is 34.3 Å². The average Bonchev–Trinajstić information content (AvgIpc) is 3.21. The Balaban J connectivity index is 1.80. The maximum Gasteiger partial charge on any atom is 0.243 e. The van der Waals surface area contributed by atoms with Crippen molar-refractivity contribution in [1.82, 2.24) is 9.62 Å². The Hall–Kier alpha value is -2.97. The molecule has 1 atom stereocenters. The Morgan fingerprint density at radius 1 is 1.13 bits per heavy atom. The molecule has 0 aliphatic carbocycles. The topological polar surface area (TPSA) is 79.6 Å². The number of aryl methyl sites for hydroxylation is 1. The van der Waals surface area contributed by atoms with Crippen molar-refractivity contribution < 1.29 is 22.0 Å².